The molecule has 0 radical (unpaired) electrons. The highest BCUT2D eigenvalue weighted by atomic mass is 35.5. The van der Waals surface area contributed by atoms with Crippen molar-refractivity contribution in [1.82, 2.24) is 0 Å². The van der Waals surface area contributed by atoms with Crippen molar-refractivity contribution < 1.29 is 9.53 Å². The summed E-state index contributed by atoms with van der Waals surface area (Å²) < 4.78 is 4.98. The van der Waals surface area contributed by atoms with Crippen molar-refractivity contribution in [2.45, 2.75) is 6.92 Å². The fraction of sp³-hybridized carbons (Fsp3) is 0.222. The molecule has 1 aromatic carbocycles. The standard InChI is InChI=1S/C9H10ClNO2/c1-5(12)6-3-8(11)7(10)4-9(6)13-2/h3-4H,11H2,1-2H3. The lowest BCUT2D eigenvalue weighted by molar-refractivity contribution is 0.101. The van der Waals surface area contributed by atoms with Gasteiger partial charge in [-0.3, -0.25) is 4.79 Å². The third-order valence-corrected chi connectivity index (χ3v) is 2.03. The maximum absolute atomic E-state index is 11.1. The zero-order valence-electron chi connectivity index (χ0n) is 7.43. The topological polar surface area (TPSA) is 52.3 Å². The van der Waals surface area contributed by atoms with Gasteiger partial charge < -0.3 is 10.5 Å². The third-order valence-electron chi connectivity index (χ3n) is 1.70. The Balaban J connectivity index is 3.33. The Bertz CT molecular complexity index is 350. The van der Waals surface area contributed by atoms with Crippen LogP contribution in [0.1, 0.15) is 17.3 Å². The summed E-state index contributed by atoms with van der Waals surface area (Å²) in [6, 6.07) is 3.05. The van der Waals surface area contributed by atoms with Gasteiger partial charge in [0, 0.05) is 6.07 Å². The first-order valence-electron chi connectivity index (χ1n) is 3.70. The molecule has 13 heavy (non-hydrogen) atoms. The number of benzene rings is 1. The van der Waals surface area contributed by atoms with E-state index in [4.69, 9.17) is 22.1 Å². The largest absolute Gasteiger partial charge is 0.496 e. The van der Waals surface area contributed by atoms with E-state index in [9.17, 15) is 4.79 Å². The Labute approximate surface area is 81.4 Å². The second kappa shape index (κ2) is 3.66. The van der Waals surface area contributed by atoms with E-state index < -0.39 is 0 Å². The molecule has 0 bridgehead atoms. The SMILES string of the molecule is COc1cc(Cl)c(N)cc1C(C)=O. The molecule has 0 fully saturated rings. The minimum absolute atomic E-state index is 0.0970. The molecular formula is C9H10ClNO2. The van der Waals surface area contributed by atoms with Gasteiger partial charge in [-0.1, -0.05) is 11.6 Å². The van der Waals surface area contributed by atoms with E-state index in [1.165, 1.54) is 26.2 Å². The van der Waals surface area contributed by atoms with Crippen LogP contribution in [0.25, 0.3) is 0 Å². The Kier molecular flexibility index (Phi) is 2.78. The molecule has 0 aliphatic heterocycles. The summed E-state index contributed by atoms with van der Waals surface area (Å²) >= 11 is 5.75. The van der Waals surface area contributed by atoms with E-state index in [2.05, 4.69) is 0 Å². The number of ether oxygens (including phenoxy) is 1. The fourth-order valence-corrected chi connectivity index (χ4v) is 1.17. The van der Waals surface area contributed by atoms with Crippen molar-refractivity contribution in [2.75, 3.05) is 12.8 Å². The number of ketones is 1. The summed E-state index contributed by atoms with van der Waals surface area (Å²) in [5.41, 5.74) is 6.37. The van der Waals surface area contributed by atoms with Gasteiger partial charge in [0.2, 0.25) is 0 Å². The second-order valence-electron chi connectivity index (χ2n) is 2.63. The molecule has 3 nitrogen and oxygen atoms in total. The second-order valence-corrected chi connectivity index (χ2v) is 3.04. The van der Waals surface area contributed by atoms with Crippen LogP contribution in [0.2, 0.25) is 5.02 Å². The van der Waals surface area contributed by atoms with Crippen LogP contribution in [-0.4, -0.2) is 12.9 Å². The monoisotopic (exact) mass is 199 g/mol. The first kappa shape index (κ1) is 9.86. The van der Waals surface area contributed by atoms with Crippen LogP contribution in [0.3, 0.4) is 0 Å². The highest BCUT2D eigenvalue weighted by Crippen LogP contribution is 2.28. The zero-order chi connectivity index (χ0) is 10.0. The van der Waals surface area contributed by atoms with Crippen LogP contribution in [0, 0.1) is 0 Å². The quantitative estimate of drug-likeness (QED) is 0.587. The molecule has 0 aromatic heterocycles. The third kappa shape index (κ3) is 1.92. The molecule has 0 unspecified atom stereocenters. The first-order valence-corrected chi connectivity index (χ1v) is 4.08. The van der Waals surface area contributed by atoms with Crippen molar-refractivity contribution in [3.8, 4) is 5.75 Å². The molecule has 2 N–H and O–H groups in total. The maximum atomic E-state index is 11.1. The number of anilines is 1. The van der Waals surface area contributed by atoms with E-state index in [0.29, 0.717) is 22.0 Å². The molecular weight excluding hydrogens is 190 g/mol. The molecule has 0 atom stereocenters. The number of nitrogen functional groups attached to an aromatic ring is 1. The Morgan fingerprint density at radius 1 is 1.54 bits per heavy atom. The van der Waals surface area contributed by atoms with E-state index in [0.717, 1.165) is 0 Å². The van der Waals surface area contributed by atoms with Crippen LogP contribution in [0.15, 0.2) is 12.1 Å². The van der Waals surface area contributed by atoms with E-state index >= 15 is 0 Å². The Morgan fingerprint density at radius 3 is 2.62 bits per heavy atom. The van der Waals surface area contributed by atoms with Crippen molar-refractivity contribution in [3.63, 3.8) is 0 Å². The molecule has 0 spiro atoms. The van der Waals surface area contributed by atoms with Crippen molar-refractivity contribution in [1.29, 1.82) is 0 Å². The van der Waals surface area contributed by atoms with Crippen LogP contribution >= 0.6 is 11.6 Å². The van der Waals surface area contributed by atoms with Gasteiger partial charge in [-0.15, -0.1) is 0 Å². The van der Waals surface area contributed by atoms with Crippen LogP contribution in [0.5, 0.6) is 5.75 Å². The van der Waals surface area contributed by atoms with Crippen LogP contribution < -0.4 is 10.5 Å². The zero-order valence-corrected chi connectivity index (χ0v) is 8.18. The van der Waals surface area contributed by atoms with Gasteiger partial charge in [0.05, 0.1) is 23.4 Å². The fourth-order valence-electron chi connectivity index (χ4n) is 1.02. The lowest BCUT2D eigenvalue weighted by atomic mass is 10.1. The highest BCUT2D eigenvalue weighted by molar-refractivity contribution is 6.33. The minimum Gasteiger partial charge on any atom is -0.496 e. The number of rotatable bonds is 2. The molecule has 0 saturated carbocycles. The molecule has 0 saturated heterocycles. The van der Waals surface area contributed by atoms with Crippen LogP contribution in [0.4, 0.5) is 5.69 Å². The summed E-state index contributed by atoms with van der Waals surface area (Å²) in [6.45, 7) is 1.45. The molecule has 1 rings (SSSR count). The molecule has 1 aromatic rings. The summed E-state index contributed by atoms with van der Waals surface area (Å²) in [5, 5.41) is 0.391. The maximum Gasteiger partial charge on any atom is 0.163 e. The van der Waals surface area contributed by atoms with Gasteiger partial charge in [-0.05, 0) is 13.0 Å². The smallest absolute Gasteiger partial charge is 0.163 e. The van der Waals surface area contributed by atoms with E-state index in [1.54, 1.807) is 0 Å². The summed E-state index contributed by atoms with van der Waals surface area (Å²) in [4.78, 5) is 11.1. The summed E-state index contributed by atoms with van der Waals surface area (Å²) in [6.07, 6.45) is 0. The molecule has 0 aliphatic carbocycles. The summed E-state index contributed by atoms with van der Waals surface area (Å²) in [7, 11) is 1.48. The molecule has 0 heterocycles. The average Bonchev–Trinajstić information content (AvgIpc) is 2.08. The predicted octanol–water partition coefficient (Wildman–Crippen LogP) is 2.13. The molecule has 4 heteroatoms. The number of Topliss-reactive ketones (excluding diaryl/α,β-unsaturated/α-hetero) is 1. The minimum atomic E-state index is -0.0970. The number of carbonyl (C=O) groups is 1. The van der Waals surface area contributed by atoms with Crippen molar-refractivity contribution >= 4 is 23.1 Å². The average molecular weight is 200 g/mol. The Hall–Kier alpha value is -1.22. The molecule has 0 aliphatic rings. The van der Waals surface area contributed by atoms with Crippen molar-refractivity contribution in [2.24, 2.45) is 0 Å². The van der Waals surface area contributed by atoms with Gasteiger partial charge in [-0.25, -0.2) is 0 Å². The number of methoxy groups -OCH3 is 1. The van der Waals surface area contributed by atoms with Gasteiger partial charge in [0.25, 0.3) is 0 Å². The van der Waals surface area contributed by atoms with Crippen LogP contribution in [-0.2, 0) is 0 Å². The number of hydrogen-bond donors (Lipinski definition) is 1. The van der Waals surface area contributed by atoms with Gasteiger partial charge in [0.15, 0.2) is 5.78 Å². The van der Waals surface area contributed by atoms with Gasteiger partial charge >= 0.3 is 0 Å². The Morgan fingerprint density at radius 2 is 2.15 bits per heavy atom. The predicted molar refractivity (Wildman–Crippen MR) is 52.4 cm³/mol. The summed E-state index contributed by atoms with van der Waals surface area (Å²) in [5.74, 6) is 0.354. The number of hydrogen-bond acceptors (Lipinski definition) is 3. The number of carbonyl (C=O) groups excluding carboxylic acids is 1. The lowest BCUT2D eigenvalue weighted by Crippen LogP contribution is -1.99. The molecule has 0 amide bonds. The highest BCUT2D eigenvalue weighted by Gasteiger charge is 2.10. The van der Waals surface area contributed by atoms with Gasteiger partial charge in [-0.2, -0.15) is 0 Å². The molecule has 70 valence electrons. The number of nitrogens with two attached hydrogens (primary N) is 1. The van der Waals surface area contributed by atoms with E-state index in [-0.39, 0.29) is 5.78 Å². The number of halogens is 1. The van der Waals surface area contributed by atoms with E-state index in [1.807, 2.05) is 0 Å². The first-order chi connectivity index (χ1) is 6.06. The van der Waals surface area contributed by atoms with Gasteiger partial charge in [0.1, 0.15) is 5.75 Å². The lowest BCUT2D eigenvalue weighted by Gasteiger charge is -2.07. The normalized spacial score (nSPS) is 9.77. The van der Waals surface area contributed by atoms with Crippen molar-refractivity contribution in [3.05, 3.63) is 22.7 Å².